The molecule has 0 aliphatic carbocycles. The van der Waals surface area contributed by atoms with Crippen molar-refractivity contribution in [2.24, 2.45) is 0 Å². The Morgan fingerprint density at radius 2 is 1.85 bits per heavy atom. The third-order valence-corrected chi connectivity index (χ3v) is 5.07. The summed E-state index contributed by atoms with van der Waals surface area (Å²) in [5.74, 6) is -2.16. The molecule has 0 radical (unpaired) electrons. The highest BCUT2D eigenvalue weighted by atomic mass is 16.6. The number of hydrogen-bond donors (Lipinski definition) is 0. The van der Waals surface area contributed by atoms with Crippen LogP contribution in [0.3, 0.4) is 0 Å². The monoisotopic (exact) mass is 471 g/mol. The summed E-state index contributed by atoms with van der Waals surface area (Å²) in [5.41, 5.74) is -2.97. The summed E-state index contributed by atoms with van der Waals surface area (Å²) in [4.78, 5) is 55.2. The van der Waals surface area contributed by atoms with E-state index in [0.717, 1.165) is 9.80 Å². The molecule has 0 spiro atoms. The number of nitrogens with zero attached hydrogens (tertiary/aromatic N) is 3. The number of nitriles is 1. The van der Waals surface area contributed by atoms with Crippen LogP contribution >= 0.6 is 0 Å². The lowest BCUT2D eigenvalue weighted by Gasteiger charge is -2.46. The fourth-order valence-electron chi connectivity index (χ4n) is 3.51. The molecule has 10 heteroatoms. The van der Waals surface area contributed by atoms with Crippen LogP contribution < -0.4 is 4.74 Å². The van der Waals surface area contributed by atoms with E-state index in [4.69, 9.17) is 14.2 Å². The average molecular weight is 472 g/mol. The van der Waals surface area contributed by atoms with Crippen molar-refractivity contribution in [1.82, 2.24) is 9.80 Å². The molecule has 0 bridgehead atoms. The first-order valence-electron chi connectivity index (χ1n) is 10.7. The summed E-state index contributed by atoms with van der Waals surface area (Å²) < 4.78 is 15.7. The molecular formula is C24H29N3O7. The smallest absolute Gasteiger partial charge is 0.411 e. The Bertz CT molecular complexity index is 991. The average Bonchev–Trinajstić information content (AvgIpc) is 2.80. The van der Waals surface area contributed by atoms with Crippen molar-refractivity contribution in [3.63, 3.8) is 0 Å². The molecule has 1 heterocycles. The number of esters is 1. The topological polar surface area (TPSA) is 126 Å². The lowest BCUT2D eigenvalue weighted by molar-refractivity contribution is -0.170. The van der Waals surface area contributed by atoms with Crippen molar-refractivity contribution in [2.45, 2.75) is 44.8 Å². The second-order valence-electron chi connectivity index (χ2n) is 8.53. The first-order chi connectivity index (χ1) is 16.0. The highest BCUT2D eigenvalue weighted by Gasteiger charge is 2.60. The Hall–Kier alpha value is -3.87. The number of ether oxygens (including phenoxy) is 3. The zero-order valence-electron chi connectivity index (χ0n) is 19.8. The molecule has 182 valence electrons. The lowest BCUT2D eigenvalue weighted by atomic mass is 9.87. The molecule has 1 aliphatic heterocycles. The van der Waals surface area contributed by atoms with Gasteiger partial charge in [-0.3, -0.25) is 19.4 Å². The Kier molecular flexibility index (Phi) is 8.41. The van der Waals surface area contributed by atoms with Crippen LogP contribution in [0.5, 0.6) is 5.75 Å². The van der Waals surface area contributed by atoms with Gasteiger partial charge in [0, 0.05) is 31.5 Å². The van der Waals surface area contributed by atoms with Crippen molar-refractivity contribution >= 4 is 23.9 Å². The molecule has 34 heavy (non-hydrogen) atoms. The molecule has 1 saturated heterocycles. The molecule has 0 N–H and O–H groups in total. The first-order valence-corrected chi connectivity index (χ1v) is 10.7. The van der Waals surface area contributed by atoms with Gasteiger partial charge < -0.3 is 14.2 Å². The van der Waals surface area contributed by atoms with E-state index in [1.165, 1.54) is 25.3 Å². The summed E-state index contributed by atoms with van der Waals surface area (Å²) in [6.45, 7) is 7.83. The molecule has 10 nitrogen and oxygen atoms in total. The van der Waals surface area contributed by atoms with Crippen molar-refractivity contribution in [3.05, 3.63) is 42.5 Å². The molecule has 1 aromatic carbocycles. The Labute approximate surface area is 198 Å². The number of imide groups is 1. The molecule has 0 saturated carbocycles. The maximum absolute atomic E-state index is 13.8. The number of carbonyl (C=O) groups is 4. The highest BCUT2D eigenvalue weighted by molar-refractivity contribution is 6.17. The summed E-state index contributed by atoms with van der Waals surface area (Å²) in [5, 5.41) is 9.21. The standard InChI is InChI=1S/C24H29N3O7/c1-6-16-33-21(30)24(12-7-13-25)20(29)26(14-15-27(24)22(31)34-23(2,3)4)19(28)17-8-10-18(32-5)11-9-17/h6,8-11H,1,7,12,14-16H2,2-5H3. The van der Waals surface area contributed by atoms with Gasteiger partial charge in [0.25, 0.3) is 11.8 Å². The van der Waals surface area contributed by atoms with Crippen molar-refractivity contribution < 1.29 is 33.4 Å². The van der Waals surface area contributed by atoms with E-state index in [2.05, 4.69) is 6.58 Å². The van der Waals surface area contributed by atoms with Crippen molar-refractivity contribution in [1.29, 1.82) is 5.26 Å². The van der Waals surface area contributed by atoms with Crippen LogP contribution in [0.2, 0.25) is 0 Å². The van der Waals surface area contributed by atoms with Crippen LogP contribution in [0.4, 0.5) is 4.79 Å². The molecule has 3 amide bonds. The number of hydrogen-bond acceptors (Lipinski definition) is 8. The summed E-state index contributed by atoms with van der Waals surface area (Å²) in [6, 6.07) is 8.00. The molecule has 1 fully saturated rings. The maximum Gasteiger partial charge on any atom is 0.411 e. The number of rotatable bonds is 7. The van der Waals surface area contributed by atoms with Gasteiger partial charge in [0.15, 0.2) is 0 Å². The van der Waals surface area contributed by atoms with E-state index < -0.39 is 35.0 Å². The molecule has 1 aliphatic rings. The summed E-state index contributed by atoms with van der Waals surface area (Å²) >= 11 is 0. The number of piperazine rings is 1. The van der Waals surface area contributed by atoms with Gasteiger partial charge in [-0.2, -0.15) is 5.26 Å². The third kappa shape index (κ3) is 5.54. The van der Waals surface area contributed by atoms with Crippen LogP contribution in [0.1, 0.15) is 44.0 Å². The molecule has 1 unspecified atom stereocenters. The van der Waals surface area contributed by atoms with E-state index in [1.54, 1.807) is 32.9 Å². The zero-order chi connectivity index (χ0) is 25.5. The van der Waals surface area contributed by atoms with Gasteiger partial charge in [-0.25, -0.2) is 9.59 Å². The van der Waals surface area contributed by atoms with E-state index in [9.17, 15) is 24.4 Å². The van der Waals surface area contributed by atoms with E-state index in [-0.39, 0.29) is 38.1 Å². The fourth-order valence-corrected chi connectivity index (χ4v) is 3.51. The SMILES string of the molecule is C=CCOC(=O)C1(CCC#N)C(=O)N(C(=O)c2ccc(OC)cc2)CCN1C(=O)OC(C)(C)C. The molecule has 2 rings (SSSR count). The minimum Gasteiger partial charge on any atom is -0.497 e. The largest absolute Gasteiger partial charge is 0.497 e. The van der Waals surface area contributed by atoms with Gasteiger partial charge in [0.1, 0.15) is 18.0 Å². The van der Waals surface area contributed by atoms with Gasteiger partial charge in [0.2, 0.25) is 5.54 Å². The van der Waals surface area contributed by atoms with Gasteiger partial charge >= 0.3 is 12.1 Å². The molecule has 0 aromatic heterocycles. The van der Waals surface area contributed by atoms with Gasteiger partial charge in [-0.05, 0) is 45.0 Å². The lowest BCUT2D eigenvalue weighted by Crippen LogP contribution is -2.72. The third-order valence-electron chi connectivity index (χ3n) is 5.07. The van der Waals surface area contributed by atoms with Crippen molar-refractivity contribution in [3.8, 4) is 11.8 Å². The van der Waals surface area contributed by atoms with Crippen LogP contribution in [0, 0.1) is 11.3 Å². The zero-order valence-corrected chi connectivity index (χ0v) is 19.8. The van der Waals surface area contributed by atoms with E-state index in [1.807, 2.05) is 6.07 Å². The maximum atomic E-state index is 13.8. The second kappa shape index (κ2) is 10.8. The number of benzene rings is 1. The summed E-state index contributed by atoms with van der Waals surface area (Å²) in [6.07, 6.45) is -0.241. The van der Waals surface area contributed by atoms with Crippen LogP contribution in [-0.2, 0) is 19.1 Å². The van der Waals surface area contributed by atoms with Crippen LogP contribution in [-0.4, -0.2) is 71.6 Å². The van der Waals surface area contributed by atoms with Gasteiger partial charge in [-0.1, -0.05) is 12.7 Å². The number of carbonyl (C=O) groups excluding carboxylic acids is 4. The number of amides is 3. The fraction of sp³-hybridized carbons (Fsp3) is 0.458. The summed E-state index contributed by atoms with van der Waals surface area (Å²) in [7, 11) is 1.48. The minimum atomic E-state index is -2.25. The molecular weight excluding hydrogens is 442 g/mol. The van der Waals surface area contributed by atoms with Gasteiger partial charge in [0.05, 0.1) is 13.2 Å². The van der Waals surface area contributed by atoms with E-state index >= 15 is 0 Å². The van der Waals surface area contributed by atoms with Gasteiger partial charge in [-0.15, -0.1) is 0 Å². The van der Waals surface area contributed by atoms with E-state index in [0.29, 0.717) is 5.75 Å². The van der Waals surface area contributed by atoms with Crippen LogP contribution in [0.25, 0.3) is 0 Å². The van der Waals surface area contributed by atoms with Crippen LogP contribution in [0.15, 0.2) is 36.9 Å². The predicted molar refractivity (Wildman–Crippen MR) is 121 cm³/mol. The highest BCUT2D eigenvalue weighted by Crippen LogP contribution is 2.32. The normalized spacial score (nSPS) is 18.0. The first kappa shape index (κ1) is 26.4. The molecule has 1 aromatic rings. The second-order valence-corrected chi connectivity index (χ2v) is 8.53. The quantitative estimate of drug-likeness (QED) is 0.257. The Morgan fingerprint density at radius 1 is 1.21 bits per heavy atom. The number of methoxy groups -OCH3 is 1. The molecule has 1 atom stereocenters. The predicted octanol–water partition coefficient (Wildman–Crippen LogP) is 2.69. The Morgan fingerprint density at radius 3 is 2.38 bits per heavy atom. The Balaban J connectivity index is 2.54. The minimum absolute atomic E-state index is 0.175. The van der Waals surface area contributed by atoms with Crippen molar-refractivity contribution in [2.75, 3.05) is 26.8 Å².